The lowest BCUT2D eigenvalue weighted by molar-refractivity contribution is 0.456. The van der Waals surface area contributed by atoms with Crippen molar-refractivity contribution in [2.75, 3.05) is 18.1 Å². The molecule has 0 amide bonds. The first-order chi connectivity index (χ1) is 9.21. The summed E-state index contributed by atoms with van der Waals surface area (Å²) in [6, 6.07) is 9.70. The van der Waals surface area contributed by atoms with Crippen LogP contribution in [0.5, 0.6) is 11.6 Å². The van der Waals surface area contributed by atoms with E-state index in [1.54, 1.807) is 0 Å². The Bertz CT molecular complexity index is 543. The highest BCUT2D eigenvalue weighted by Crippen LogP contribution is 2.24. The first-order valence-corrected chi connectivity index (χ1v) is 7.35. The van der Waals surface area contributed by atoms with Gasteiger partial charge in [0, 0.05) is 12.6 Å². The summed E-state index contributed by atoms with van der Waals surface area (Å²) in [5.74, 6) is 2.11. The number of nitrogens with zero attached hydrogens (tertiary/aromatic N) is 2. The largest absolute Gasteiger partial charge is 0.439 e. The standard InChI is InChI=1S/C14H17N3OS/c1-4-15-12-9-13(17-14(16-12)19-3)18-11-7-5-10(2)6-8-11/h5-9H,4H2,1-3H3,(H,15,16,17). The Morgan fingerprint density at radius 2 is 1.95 bits per heavy atom. The highest BCUT2D eigenvalue weighted by Gasteiger charge is 2.05. The van der Waals surface area contributed by atoms with Crippen molar-refractivity contribution < 1.29 is 4.74 Å². The van der Waals surface area contributed by atoms with Gasteiger partial charge in [0.1, 0.15) is 11.6 Å². The summed E-state index contributed by atoms with van der Waals surface area (Å²) in [4.78, 5) is 8.70. The number of ether oxygens (including phenoxy) is 1. The van der Waals surface area contributed by atoms with Gasteiger partial charge in [-0.1, -0.05) is 29.5 Å². The first kappa shape index (κ1) is 13.7. The van der Waals surface area contributed by atoms with Gasteiger partial charge >= 0.3 is 0 Å². The molecule has 0 spiro atoms. The molecule has 100 valence electrons. The van der Waals surface area contributed by atoms with Crippen LogP contribution in [0.2, 0.25) is 0 Å². The smallest absolute Gasteiger partial charge is 0.225 e. The number of hydrogen-bond acceptors (Lipinski definition) is 5. The number of benzene rings is 1. The van der Waals surface area contributed by atoms with Gasteiger partial charge in [0.2, 0.25) is 5.88 Å². The van der Waals surface area contributed by atoms with Crippen molar-refractivity contribution in [3.05, 3.63) is 35.9 Å². The predicted octanol–water partition coefficient (Wildman–Crippen LogP) is 3.73. The van der Waals surface area contributed by atoms with Gasteiger partial charge in [0.05, 0.1) is 0 Å². The van der Waals surface area contributed by atoms with Crippen LogP contribution < -0.4 is 10.1 Å². The van der Waals surface area contributed by atoms with Crippen LogP contribution in [0.1, 0.15) is 12.5 Å². The molecule has 0 fully saturated rings. The molecule has 2 aromatic rings. The molecule has 0 radical (unpaired) electrons. The Hall–Kier alpha value is -1.75. The monoisotopic (exact) mass is 275 g/mol. The van der Waals surface area contributed by atoms with Crippen LogP contribution in [-0.2, 0) is 0 Å². The normalized spacial score (nSPS) is 10.3. The third-order valence-corrected chi connectivity index (χ3v) is 3.01. The van der Waals surface area contributed by atoms with Gasteiger partial charge in [-0.15, -0.1) is 0 Å². The van der Waals surface area contributed by atoms with Gasteiger partial charge in [-0.05, 0) is 32.2 Å². The highest BCUT2D eigenvalue weighted by molar-refractivity contribution is 7.98. The maximum Gasteiger partial charge on any atom is 0.225 e. The van der Waals surface area contributed by atoms with Crippen LogP contribution in [0.3, 0.4) is 0 Å². The fraction of sp³-hybridized carbons (Fsp3) is 0.286. The third kappa shape index (κ3) is 3.86. The minimum Gasteiger partial charge on any atom is -0.439 e. The van der Waals surface area contributed by atoms with Gasteiger partial charge in [-0.25, -0.2) is 4.98 Å². The van der Waals surface area contributed by atoms with E-state index in [-0.39, 0.29) is 0 Å². The van der Waals surface area contributed by atoms with Crippen molar-refractivity contribution >= 4 is 17.6 Å². The zero-order chi connectivity index (χ0) is 13.7. The van der Waals surface area contributed by atoms with Gasteiger partial charge in [0.25, 0.3) is 0 Å². The van der Waals surface area contributed by atoms with E-state index in [4.69, 9.17) is 4.74 Å². The summed E-state index contributed by atoms with van der Waals surface area (Å²) in [5, 5.41) is 3.87. The second kappa shape index (κ2) is 6.43. The summed E-state index contributed by atoms with van der Waals surface area (Å²) in [6.45, 7) is 4.89. The number of rotatable bonds is 5. The van der Waals surface area contributed by atoms with E-state index < -0.39 is 0 Å². The van der Waals surface area contributed by atoms with E-state index >= 15 is 0 Å². The predicted molar refractivity (Wildman–Crippen MR) is 79.2 cm³/mol. The SMILES string of the molecule is CCNc1cc(Oc2ccc(C)cc2)nc(SC)n1. The molecule has 0 aliphatic carbocycles. The van der Waals surface area contributed by atoms with Crippen molar-refractivity contribution in [3.8, 4) is 11.6 Å². The lowest BCUT2D eigenvalue weighted by atomic mass is 10.2. The Labute approximate surface area is 117 Å². The number of nitrogens with one attached hydrogen (secondary N) is 1. The number of thioether (sulfide) groups is 1. The first-order valence-electron chi connectivity index (χ1n) is 6.12. The Kier molecular flexibility index (Phi) is 4.63. The second-order valence-electron chi connectivity index (χ2n) is 4.02. The maximum absolute atomic E-state index is 5.76. The van der Waals surface area contributed by atoms with E-state index in [0.29, 0.717) is 11.0 Å². The molecule has 19 heavy (non-hydrogen) atoms. The van der Waals surface area contributed by atoms with E-state index in [1.165, 1.54) is 17.3 Å². The fourth-order valence-corrected chi connectivity index (χ4v) is 1.92. The third-order valence-electron chi connectivity index (χ3n) is 2.47. The molecule has 1 aromatic heterocycles. The van der Waals surface area contributed by atoms with Gasteiger partial charge in [-0.3, -0.25) is 0 Å². The molecule has 1 aromatic carbocycles. The van der Waals surface area contributed by atoms with E-state index in [9.17, 15) is 0 Å². The van der Waals surface area contributed by atoms with Crippen LogP contribution >= 0.6 is 11.8 Å². The van der Waals surface area contributed by atoms with Crippen molar-refractivity contribution in [1.29, 1.82) is 0 Å². The zero-order valence-corrected chi connectivity index (χ0v) is 12.1. The molecule has 4 nitrogen and oxygen atoms in total. The van der Waals surface area contributed by atoms with Crippen molar-refractivity contribution in [3.63, 3.8) is 0 Å². The molecular weight excluding hydrogens is 258 g/mol. The molecule has 0 aliphatic heterocycles. The summed E-state index contributed by atoms with van der Waals surface area (Å²) in [7, 11) is 0. The lowest BCUT2D eigenvalue weighted by Crippen LogP contribution is -2.02. The van der Waals surface area contributed by atoms with Crippen LogP contribution in [0.15, 0.2) is 35.5 Å². The van der Waals surface area contributed by atoms with Crippen LogP contribution in [0.4, 0.5) is 5.82 Å². The quantitative estimate of drug-likeness (QED) is 0.665. The summed E-state index contributed by atoms with van der Waals surface area (Å²) >= 11 is 1.49. The highest BCUT2D eigenvalue weighted by atomic mass is 32.2. The molecule has 0 atom stereocenters. The van der Waals surface area contributed by atoms with Crippen LogP contribution in [-0.4, -0.2) is 22.8 Å². The van der Waals surface area contributed by atoms with Crippen molar-refractivity contribution in [1.82, 2.24) is 9.97 Å². The zero-order valence-electron chi connectivity index (χ0n) is 11.3. The number of anilines is 1. The van der Waals surface area contributed by atoms with Gasteiger partial charge < -0.3 is 10.1 Å². The lowest BCUT2D eigenvalue weighted by Gasteiger charge is -2.09. The minimum absolute atomic E-state index is 0.555. The van der Waals surface area contributed by atoms with Crippen molar-refractivity contribution in [2.24, 2.45) is 0 Å². The van der Waals surface area contributed by atoms with Crippen LogP contribution in [0, 0.1) is 6.92 Å². The van der Waals surface area contributed by atoms with Crippen LogP contribution in [0.25, 0.3) is 0 Å². The number of hydrogen-bond donors (Lipinski definition) is 1. The Morgan fingerprint density at radius 1 is 1.21 bits per heavy atom. The second-order valence-corrected chi connectivity index (χ2v) is 4.80. The maximum atomic E-state index is 5.76. The molecule has 0 unspecified atom stereocenters. The average molecular weight is 275 g/mol. The molecule has 2 rings (SSSR count). The fourth-order valence-electron chi connectivity index (χ4n) is 1.55. The molecule has 0 saturated carbocycles. The Morgan fingerprint density at radius 3 is 2.58 bits per heavy atom. The summed E-state index contributed by atoms with van der Waals surface area (Å²) < 4.78 is 5.76. The van der Waals surface area contributed by atoms with Gasteiger partial charge in [0.15, 0.2) is 5.16 Å². The molecule has 0 aliphatic rings. The number of aromatic nitrogens is 2. The molecule has 5 heteroatoms. The topological polar surface area (TPSA) is 47.0 Å². The summed E-state index contributed by atoms with van der Waals surface area (Å²) in [5.41, 5.74) is 1.20. The van der Waals surface area contributed by atoms with E-state index in [2.05, 4.69) is 15.3 Å². The molecule has 1 heterocycles. The van der Waals surface area contributed by atoms with Gasteiger partial charge in [-0.2, -0.15) is 4.98 Å². The molecule has 0 bridgehead atoms. The molecular formula is C14H17N3OS. The number of aryl methyl sites for hydroxylation is 1. The summed E-state index contributed by atoms with van der Waals surface area (Å²) in [6.07, 6.45) is 1.95. The van der Waals surface area contributed by atoms with E-state index in [0.717, 1.165) is 18.1 Å². The van der Waals surface area contributed by atoms with E-state index in [1.807, 2.05) is 50.4 Å². The average Bonchev–Trinajstić information content (AvgIpc) is 2.41. The van der Waals surface area contributed by atoms with Crippen molar-refractivity contribution in [2.45, 2.75) is 19.0 Å². The molecule has 0 saturated heterocycles. The Balaban J connectivity index is 2.23. The molecule has 1 N–H and O–H groups in total. The minimum atomic E-state index is 0.555.